The molecule has 0 aliphatic carbocycles. The molecule has 1 aromatic heterocycles. The molecule has 0 bridgehead atoms. The zero-order chi connectivity index (χ0) is 17.8. The summed E-state index contributed by atoms with van der Waals surface area (Å²) in [7, 11) is 0. The fourth-order valence-electron chi connectivity index (χ4n) is 2.62. The van der Waals surface area contributed by atoms with Crippen molar-refractivity contribution in [3.05, 3.63) is 41.0 Å². The maximum Gasteiger partial charge on any atom is 0.303 e. The molecule has 1 aliphatic heterocycles. The van der Waals surface area contributed by atoms with Crippen LogP contribution < -0.4 is 0 Å². The third-order valence-electron chi connectivity index (χ3n) is 3.86. The van der Waals surface area contributed by atoms with E-state index in [0.29, 0.717) is 28.0 Å². The number of carboxylic acid groups (broad SMARTS) is 1. The predicted molar refractivity (Wildman–Crippen MR) is 102 cm³/mol. The number of thioether (sulfide) groups is 1. The number of amides is 1. The number of carbonyl (C=O) groups is 2. The van der Waals surface area contributed by atoms with Crippen molar-refractivity contribution in [2.75, 3.05) is 6.54 Å². The number of furan rings is 1. The number of aliphatic carboxylic acids is 1. The fourth-order valence-corrected chi connectivity index (χ4v) is 3.91. The lowest BCUT2D eigenvalue weighted by Crippen LogP contribution is -2.29. The van der Waals surface area contributed by atoms with Gasteiger partial charge in [-0.25, -0.2) is 0 Å². The molecular weight excluding hydrogens is 358 g/mol. The van der Waals surface area contributed by atoms with Gasteiger partial charge in [0.2, 0.25) is 0 Å². The molecule has 5 nitrogen and oxygen atoms in total. The molecule has 25 heavy (non-hydrogen) atoms. The van der Waals surface area contributed by atoms with Crippen LogP contribution in [0.15, 0.2) is 39.7 Å². The van der Waals surface area contributed by atoms with Crippen molar-refractivity contribution in [1.82, 2.24) is 4.90 Å². The van der Waals surface area contributed by atoms with E-state index in [1.54, 1.807) is 11.0 Å². The number of hydrogen-bond acceptors (Lipinski definition) is 5. The first-order valence-electron chi connectivity index (χ1n) is 8.00. The van der Waals surface area contributed by atoms with E-state index in [1.165, 1.54) is 11.8 Å². The van der Waals surface area contributed by atoms with Crippen molar-refractivity contribution < 1.29 is 19.1 Å². The molecule has 1 aliphatic rings. The average molecular weight is 375 g/mol. The molecule has 0 saturated carbocycles. The summed E-state index contributed by atoms with van der Waals surface area (Å²) in [6, 6.07) is 9.58. The second kappa shape index (κ2) is 7.84. The molecule has 1 amide bonds. The van der Waals surface area contributed by atoms with E-state index >= 15 is 0 Å². The minimum Gasteiger partial charge on any atom is -0.481 e. The Labute approximate surface area is 154 Å². The first-order valence-corrected chi connectivity index (χ1v) is 9.23. The molecule has 7 heteroatoms. The number of unbranched alkanes of at least 4 members (excludes halogenated alkanes) is 2. The summed E-state index contributed by atoms with van der Waals surface area (Å²) in [5.41, 5.74) is 0.780. The van der Waals surface area contributed by atoms with Crippen LogP contribution in [0.3, 0.4) is 0 Å². The number of hydrogen-bond donors (Lipinski definition) is 1. The van der Waals surface area contributed by atoms with Crippen LogP contribution in [-0.2, 0) is 9.59 Å². The standard InChI is InChI=1S/C18H17NO4S2/c20-16(21)8-2-1-5-9-19-17(22)15(25-18(19)24)11-13-10-12-6-3-4-7-14(12)23-13/h3-4,6-7,10-11H,1-2,5,8-9H2,(H,20,21)/b15-11+. The van der Waals surface area contributed by atoms with Gasteiger partial charge in [-0.05, 0) is 25.0 Å². The molecule has 1 N–H and O–H groups in total. The van der Waals surface area contributed by atoms with Crippen molar-refractivity contribution >= 4 is 57.2 Å². The number of fused-ring (bicyclic) bond motifs is 1. The molecule has 0 atom stereocenters. The van der Waals surface area contributed by atoms with E-state index in [9.17, 15) is 9.59 Å². The van der Waals surface area contributed by atoms with Crippen molar-refractivity contribution in [2.24, 2.45) is 0 Å². The van der Waals surface area contributed by atoms with Gasteiger partial charge in [0.1, 0.15) is 15.7 Å². The summed E-state index contributed by atoms with van der Waals surface area (Å²) < 4.78 is 6.26. The molecule has 130 valence electrons. The van der Waals surface area contributed by atoms with Gasteiger partial charge in [-0.15, -0.1) is 0 Å². The zero-order valence-electron chi connectivity index (χ0n) is 13.4. The Balaban J connectivity index is 1.63. The van der Waals surface area contributed by atoms with Crippen LogP contribution in [0.4, 0.5) is 0 Å². The number of carboxylic acids is 1. The molecule has 3 rings (SSSR count). The molecule has 1 aromatic carbocycles. The van der Waals surface area contributed by atoms with Crippen LogP contribution in [0, 0.1) is 0 Å². The summed E-state index contributed by atoms with van der Waals surface area (Å²) in [6.07, 6.45) is 3.98. The second-order valence-electron chi connectivity index (χ2n) is 5.72. The highest BCUT2D eigenvalue weighted by Gasteiger charge is 2.31. The first kappa shape index (κ1) is 17.7. The number of benzene rings is 1. The van der Waals surface area contributed by atoms with Gasteiger partial charge in [0.15, 0.2) is 0 Å². The van der Waals surface area contributed by atoms with Crippen LogP contribution in [0.2, 0.25) is 0 Å². The molecule has 1 fully saturated rings. The molecule has 2 aromatic rings. The van der Waals surface area contributed by atoms with Gasteiger partial charge in [0.25, 0.3) is 5.91 Å². The van der Waals surface area contributed by atoms with E-state index in [4.69, 9.17) is 21.7 Å². The van der Waals surface area contributed by atoms with Crippen molar-refractivity contribution in [2.45, 2.75) is 25.7 Å². The molecular formula is C18H17NO4S2. The summed E-state index contributed by atoms with van der Waals surface area (Å²) in [6.45, 7) is 0.516. The number of rotatable bonds is 7. The average Bonchev–Trinajstić information content (AvgIpc) is 3.09. The smallest absolute Gasteiger partial charge is 0.303 e. The minimum atomic E-state index is -0.792. The van der Waals surface area contributed by atoms with Crippen molar-refractivity contribution in [1.29, 1.82) is 0 Å². The largest absolute Gasteiger partial charge is 0.481 e. The number of thiocarbonyl (C=S) groups is 1. The van der Waals surface area contributed by atoms with Gasteiger partial charge < -0.3 is 9.52 Å². The Kier molecular flexibility index (Phi) is 5.55. The summed E-state index contributed by atoms with van der Waals surface area (Å²) in [5.74, 6) is -0.281. The van der Waals surface area contributed by atoms with Gasteiger partial charge in [0, 0.05) is 24.4 Å². The highest BCUT2D eigenvalue weighted by molar-refractivity contribution is 8.26. The summed E-state index contributed by atoms with van der Waals surface area (Å²) in [4.78, 5) is 25.1. The third kappa shape index (κ3) is 4.29. The summed E-state index contributed by atoms with van der Waals surface area (Å²) in [5, 5.41) is 9.62. The van der Waals surface area contributed by atoms with Crippen LogP contribution in [0.25, 0.3) is 17.0 Å². The van der Waals surface area contributed by atoms with Crippen molar-refractivity contribution in [3.8, 4) is 0 Å². The fraction of sp³-hybridized carbons (Fsp3) is 0.278. The van der Waals surface area contributed by atoms with Crippen LogP contribution in [0.1, 0.15) is 31.4 Å². The monoisotopic (exact) mass is 375 g/mol. The third-order valence-corrected chi connectivity index (χ3v) is 5.24. The Hall–Kier alpha value is -2.12. The zero-order valence-corrected chi connectivity index (χ0v) is 15.1. The molecule has 2 heterocycles. The SMILES string of the molecule is O=C(O)CCCCCN1C(=O)/C(=C\c2cc3ccccc3o2)SC1=S. The van der Waals surface area contributed by atoms with Crippen molar-refractivity contribution in [3.63, 3.8) is 0 Å². The van der Waals surface area contributed by atoms with E-state index < -0.39 is 5.97 Å². The summed E-state index contributed by atoms with van der Waals surface area (Å²) >= 11 is 6.57. The normalized spacial score (nSPS) is 16.3. The second-order valence-corrected chi connectivity index (χ2v) is 7.40. The van der Waals surface area contributed by atoms with Crippen LogP contribution in [-0.4, -0.2) is 32.7 Å². The lowest BCUT2D eigenvalue weighted by molar-refractivity contribution is -0.137. The van der Waals surface area contributed by atoms with Gasteiger partial charge in [-0.2, -0.15) is 0 Å². The Bertz CT molecular complexity index is 823. The van der Waals surface area contributed by atoms with Crippen LogP contribution in [0.5, 0.6) is 0 Å². The molecule has 1 saturated heterocycles. The molecule has 0 spiro atoms. The van der Waals surface area contributed by atoms with Gasteiger partial charge in [-0.1, -0.05) is 48.6 Å². The Morgan fingerprint density at radius 2 is 2.08 bits per heavy atom. The van der Waals surface area contributed by atoms with Crippen LogP contribution >= 0.6 is 24.0 Å². The lowest BCUT2D eigenvalue weighted by atomic mass is 10.2. The topological polar surface area (TPSA) is 70.8 Å². The lowest BCUT2D eigenvalue weighted by Gasteiger charge is -2.13. The number of para-hydroxylation sites is 1. The molecule has 0 unspecified atom stereocenters. The van der Waals surface area contributed by atoms with E-state index in [1.807, 2.05) is 30.3 Å². The Morgan fingerprint density at radius 1 is 1.28 bits per heavy atom. The molecule has 0 radical (unpaired) electrons. The van der Waals surface area contributed by atoms with Gasteiger partial charge >= 0.3 is 5.97 Å². The highest BCUT2D eigenvalue weighted by atomic mass is 32.2. The van der Waals surface area contributed by atoms with Gasteiger partial charge in [0.05, 0.1) is 4.91 Å². The van der Waals surface area contributed by atoms with Gasteiger partial charge in [-0.3, -0.25) is 14.5 Å². The maximum atomic E-state index is 12.5. The quantitative estimate of drug-likeness (QED) is 0.442. The predicted octanol–water partition coefficient (Wildman–Crippen LogP) is 4.28. The Morgan fingerprint density at radius 3 is 2.84 bits per heavy atom. The minimum absolute atomic E-state index is 0.117. The highest BCUT2D eigenvalue weighted by Crippen LogP contribution is 2.33. The van der Waals surface area contributed by atoms with E-state index in [-0.39, 0.29) is 12.3 Å². The first-order chi connectivity index (χ1) is 12.0. The van der Waals surface area contributed by atoms with E-state index in [2.05, 4.69) is 0 Å². The number of nitrogens with zero attached hydrogens (tertiary/aromatic N) is 1. The number of carbonyl (C=O) groups excluding carboxylic acids is 1. The van der Waals surface area contributed by atoms with E-state index in [0.717, 1.165) is 23.8 Å². The maximum absolute atomic E-state index is 12.5.